The third kappa shape index (κ3) is 6.42. The number of nitrogens with one attached hydrogen (secondary N) is 1. The molecule has 0 spiro atoms. The third-order valence-electron chi connectivity index (χ3n) is 5.11. The van der Waals surface area contributed by atoms with Crippen LogP contribution in [0.15, 0.2) is 35.9 Å². The number of hydrogen-bond donors (Lipinski definition) is 1. The number of benzene rings is 1. The number of hydrogen-bond acceptors (Lipinski definition) is 3. The summed E-state index contributed by atoms with van der Waals surface area (Å²) < 4.78 is 5.17. The van der Waals surface area contributed by atoms with Gasteiger partial charge < -0.3 is 15.0 Å². The van der Waals surface area contributed by atoms with Crippen molar-refractivity contribution in [1.82, 2.24) is 10.2 Å². The normalized spacial score (nSPS) is 14.9. The van der Waals surface area contributed by atoms with Gasteiger partial charge in [0.15, 0.2) is 0 Å². The Morgan fingerprint density at radius 1 is 1.22 bits per heavy atom. The van der Waals surface area contributed by atoms with Crippen LogP contribution in [0.2, 0.25) is 0 Å². The molecule has 148 valence electrons. The lowest BCUT2D eigenvalue weighted by atomic mass is 9.97. The second-order valence-electron chi connectivity index (χ2n) is 7.05. The summed E-state index contributed by atoms with van der Waals surface area (Å²) >= 11 is 0. The number of carbonyl (C=O) groups excluding carboxylic acids is 2. The topological polar surface area (TPSA) is 58.6 Å². The summed E-state index contributed by atoms with van der Waals surface area (Å²) in [5, 5.41) is 3.00. The molecular formula is C22H32N2O3. The molecule has 2 amide bonds. The molecule has 1 aliphatic carbocycles. The summed E-state index contributed by atoms with van der Waals surface area (Å²) in [4.78, 5) is 26.7. The average Bonchev–Trinajstić information content (AvgIpc) is 2.72. The molecule has 0 aromatic heterocycles. The minimum Gasteiger partial charge on any atom is -0.497 e. The number of rotatable bonds is 9. The second-order valence-corrected chi connectivity index (χ2v) is 7.05. The molecule has 0 fully saturated rings. The van der Waals surface area contributed by atoms with E-state index in [9.17, 15) is 9.59 Å². The third-order valence-corrected chi connectivity index (χ3v) is 5.11. The van der Waals surface area contributed by atoms with E-state index in [2.05, 4.69) is 11.4 Å². The van der Waals surface area contributed by atoms with E-state index in [1.165, 1.54) is 18.4 Å². The first-order valence-electron chi connectivity index (χ1n) is 9.93. The SMILES string of the molecule is CCC(=O)N(Cc1ccc(OC)cc1)[C@@H](C)C(=O)NCCC1=CCCCC1. The molecule has 27 heavy (non-hydrogen) atoms. The summed E-state index contributed by atoms with van der Waals surface area (Å²) in [6.45, 7) is 4.66. The first kappa shape index (κ1) is 21.0. The minimum absolute atomic E-state index is 0.0246. The molecule has 1 aliphatic rings. The summed E-state index contributed by atoms with van der Waals surface area (Å²) in [7, 11) is 1.62. The smallest absolute Gasteiger partial charge is 0.242 e. The van der Waals surface area contributed by atoms with Crippen molar-refractivity contribution in [3.8, 4) is 5.75 Å². The quantitative estimate of drug-likeness (QED) is 0.670. The Balaban J connectivity index is 1.93. The van der Waals surface area contributed by atoms with Gasteiger partial charge in [0.25, 0.3) is 0 Å². The van der Waals surface area contributed by atoms with Crippen molar-refractivity contribution in [2.75, 3.05) is 13.7 Å². The molecular weight excluding hydrogens is 340 g/mol. The predicted octanol–water partition coefficient (Wildman–Crippen LogP) is 3.83. The molecule has 0 radical (unpaired) electrons. The van der Waals surface area contributed by atoms with Gasteiger partial charge in [-0.3, -0.25) is 9.59 Å². The van der Waals surface area contributed by atoms with Gasteiger partial charge in [-0.25, -0.2) is 0 Å². The zero-order valence-electron chi connectivity index (χ0n) is 16.8. The highest BCUT2D eigenvalue weighted by Gasteiger charge is 2.25. The van der Waals surface area contributed by atoms with Gasteiger partial charge in [-0.05, 0) is 56.7 Å². The van der Waals surface area contributed by atoms with Crippen molar-refractivity contribution in [2.24, 2.45) is 0 Å². The second kappa shape index (κ2) is 10.8. The Hall–Kier alpha value is -2.30. The van der Waals surface area contributed by atoms with Crippen LogP contribution in [-0.2, 0) is 16.1 Å². The van der Waals surface area contributed by atoms with E-state index >= 15 is 0 Å². The molecule has 0 heterocycles. The van der Waals surface area contributed by atoms with Crippen molar-refractivity contribution in [1.29, 1.82) is 0 Å². The number of methoxy groups -OCH3 is 1. The minimum atomic E-state index is -0.500. The van der Waals surface area contributed by atoms with Crippen LogP contribution in [0, 0.1) is 0 Å². The zero-order valence-corrected chi connectivity index (χ0v) is 16.8. The molecule has 0 aliphatic heterocycles. The maximum Gasteiger partial charge on any atom is 0.242 e. The number of carbonyl (C=O) groups is 2. The summed E-state index contributed by atoms with van der Waals surface area (Å²) in [6.07, 6.45) is 8.39. The van der Waals surface area contributed by atoms with Gasteiger partial charge in [0, 0.05) is 19.5 Å². The molecule has 0 saturated carbocycles. The van der Waals surface area contributed by atoms with Gasteiger partial charge in [-0.2, -0.15) is 0 Å². The number of ether oxygens (including phenoxy) is 1. The van der Waals surface area contributed by atoms with Crippen molar-refractivity contribution in [3.05, 3.63) is 41.5 Å². The zero-order chi connectivity index (χ0) is 19.6. The van der Waals surface area contributed by atoms with Crippen LogP contribution < -0.4 is 10.1 Å². The van der Waals surface area contributed by atoms with Crippen molar-refractivity contribution >= 4 is 11.8 Å². The fraction of sp³-hybridized carbons (Fsp3) is 0.545. The van der Waals surface area contributed by atoms with Crippen LogP contribution in [0.4, 0.5) is 0 Å². The standard InChI is InChI=1S/C22H32N2O3/c1-4-21(25)24(16-19-10-12-20(27-3)13-11-19)17(2)22(26)23-15-14-18-8-6-5-7-9-18/h8,10-13,17H,4-7,9,14-16H2,1-3H3,(H,23,26)/t17-/m0/s1. The first-order chi connectivity index (χ1) is 13.0. The Morgan fingerprint density at radius 3 is 2.56 bits per heavy atom. The van der Waals surface area contributed by atoms with Gasteiger partial charge in [-0.15, -0.1) is 0 Å². The largest absolute Gasteiger partial charge is 0.497 e. The van der Waals surface area contributed by atoms with E-state index in [0.717, 1.165) is 30.6 Å². The number of allylic oxidation sites excluding steroid dienone is 1. The molecule has 0 saturated heterocycles. The lowest BCUT2D eigenvalue weighted by Gasteiger charge is -2.28. The van der Waals surface area contributed by atoms with Gasteiger partial charge in [0.1, 0.15) is 11.8 Å². The van der Waals surface area contributed by atoms with Crippen LogP contribution in [0.1, 0.15) is 57.9 Å². The van der Waals surface area contributed by atoms with E-state index in [-0.39, 0.29) is 11.8 Å². The maximum absolute atomic E-state index is 12.6. The van der Waals surface area contributed by atoms with E-state index in [4.69, 9.17) is 4.74 Å². The lowest BCUT2D eigenvalue weighted by Crippen LogP contribution is -2.47. The molecule has 1 atom stereocenters. The van der Waals surface area contributed by atoms with Gasteiger partial charge in [0.2, 0.25) is 11.8 Å². The summed E-state index contributed by atoms with van der Waals surface area (Å²) in [5.74, 6) is 0.653. The molecule has 1 N–H and O–H groups in total. The van der Waals surface area contributed by atoms with Crippen molar-refractivity contribution in [3.63, 3.8) is 0 Å². The average molecular weight is 373 g/mol. The van der Waals surface area contributed by atoms with E-state index < -0.39 is 6.04 Å². The van der Waals surface area contributed by atoms with Crippen molar-refractivity contribution in [2.45, 2.75) is 65.0 Å². The highest BCUT2D eigenvalue weighted by Crippen LogP contribution is 2.19. The fourth-order valence-corrected chi connectivity index (χ4v) is 3.34. The van der Waals surface area contributed by atoms with E-state index in [1.807, 2.05) is 31.2 Å². The fourth-order valence-electron chi connectivity index (χ4n) is 3.34. The number of nitrogens with zero attached hydrogens (tertiary/aromatic N) is 1. The highest BCUT2D eigenvalue weighted by molar-refractivity contribution is 5.87. The Labute approximate surface area is 162 Å². The number of amides is 2. The molecule has 0 unspecified atom stereocenters. The van der Waals surface area contributed by atoms with E-state index in [1.54, 1.807) is 18.9 Å². The molecule has 5 nitrogen and oxygen atoms in total. The molecule has 2 rings (SSSR count). The van der Waals surface area contributed by atoms with Crippen molar-refractivity contribution < 1.29 is 14.3 Å². The Kier molecular flexibility index (Phi) is 8.37. The van der Waals surface area contributed by atoms with Crippen LogP contribution >= 0.6 is 0 Å². The van der Waals surface area contributed by atoms with Crippen LogP contribution in [0.3, 0.4) is 0 Å². The maximum atomic E-state index is 12.6. The molecule has 1 aromatic carbocycles. The van der Waals surface area contributed by atoms with Crippen LogP contribution in [-0.4, -0.2) is 36.4 Å². The first-order valence-corrected chi connectivity index (χ1v) is 9.93. The van der Waals surface area contributed by atoms with Gasteiger partial charge >= 0.3 is 0 Å². The summed E-state index contributed by atoms with van der Waals surface area (Å²) in [5.41, 5.74) is 2.42. The Morgan fingerprint density at radius 2 is 1.96 bits per heavy atom. The molecule has 0 bridgehead atoms. The van der Waals surface area contributed by atoms with Gasteiger partial charge in [0.05, 0.1) is 7.11 Å². The van der Waals surface area contributed by atoms with Crippen LogP contribution in [0.5, 0.6) is 5.75 Å². The molecule has 5 heteroatoms. The molecule has 1 aromatic rings. The van der Waals surface area contributed by atoms with Crippen LogP contribution in [0.25, 0.3) is 0 Å². The van der Waals surface area contributed by atoms with Gasteiger partial charge in [-0.1, -0.05) is 30.7 Å². The lowest BCUT2D eigenvalue weighted by molar-refractivity contribution is -0.140. The summed E-state index contributed by atoms with van der Waals surface area (Å²) in [6, 6.07) is 7.09. The monoisotopic (exact) mass is 372 g/mol. The predicted molar refractivity (Wildman–Crippen MR) is 107 cm³/mol. The van der Waals surface area contributed by atoms with E-state index in [0.29, 0.717) is 19.5 Å². The highest BCUT2D eigenvalue weighted by atomic mass is 16.5. The Bertz CT molecular complexity index is 652.